The van der Waals surface area contributed by atoms with Gasteiger partial charge < -0.3 is 14.8 Å². The van der Waals surface area contributed by atoms with Gasteiger partial charge in [0, 0.05) is 17.7 Å². The standard InChI is InChI=1S/C31H30N2O2/c1-3-34-28-20-19-23(21-29(28)35-4-2)22-30-32-27-18-12-11-17-26(27)31(33-30,24-13-7-5-8-14-24)25-15-9-6-10-16-25/h5-21H,3-4,22H2,1-2H3,(H,32,33). The number of nitrogens with zero attached hydrogens (tertiary/aromatic N) is 1. The molecule has 0 amide bonds. The molecule has 1 aliphatic heterocycles. The molecule has 1 aliphatic rings. The molecule has 1 heterocycles. The Morgan fingerprint density at radius 2 is 1.29 bits per heavy atom. The van der Waals surface area contributed by atoms with Crippen LogP contribution in [0.5, 0.6) is 11.5 Å². The summed E-state index contributed by atoms with van der Waals surface area (Å²) in [6.07, 6.45) is 0.641. The van der Waals surface area contributed by atoms with Crippen molar-refractivity contribution in [2.24, 2.45) is 4.99 Å². The molecule has 176 valence electrons. The molecule has 1 N–H and O–H groups in total. The van der Waals surface area contributed by atoms with E-state index >= 15 is 0 Å². The summed E-state index contributed by atoms with van der Waals surface area (Å²) < 4.78 is 11.6. The molecule has 0 unspecified atom stereocenters. The van der Waals surface area contributed by atoms with Gasteiger partial charge in [0.1, 0.15) is 11.4 Å². The lowest BCUT2D eigenvalue weighted by Crippen LogP contribution is -2.36. The smallest absolute Gasteiger partial charge is 0.161 e. The van der Waals surface area contributed by atoms with Crippen molar-refractivity contribution >= 4 is 11.5 Å². The first-order valence-corrected chi connectivity index (χ1v) is 12.2. The van der Waals surface area contributed by atoms with Gasteiger partial charge in [0.05, 0.1) is 13.2 Å². The average Bonchev–Trinajstić information content (AvgIpc) is 2.91. The number of amidine groups is 1. The Balaban J connectivity index is 1.65. The van der Waals surface area contributed by atoms with Crippen LogP contribution in [0.15, 0.2) is 108 Å². The number of hydrogen-bond donors (Lipinski definition) is 1. The topological polar surface area (TPSA) is 42.8 Å². The van der Waals surface area contributed by atoms with Crippen molar-refractivity contribution in [3.63, 3.8) is 0 Å². The minimum absolute atomic E-state index is 0.585. The number of anilines is 1. The van der Waals surface area contributed by atoms with Crippen molar-refractivity contribution in [1.82, 2.24) is 0 Å². The highest BCUT2D eigenvalue weighted by Gasteiger charge is 2.40. The maximum atomic E-state index is 5.87. The summed E-state index contributed by atoms with van der Waals surface area (Å²) in [7, 11) is 0. The van der Waals surface area contributed by atoms with E-state index in [1.807, 2.05) is 19.9 Å². The van der Waals surface area contributed by atoms with E-state index in [2.05, 4.69) is 102 Å². The third kappa shape index (κ3) is 4.40. The molecule has 4 nitrogen and oxygen atoms in total. The van der Waals surface area contributed by atoms with Crippen molar-refractivity contribution in [3.05, 3.63) is 125 Å². The molecule has 0 bridgehead atoms. The zero-order chi connectivity index (χ0) is 24.1. The van der Waals surface area contributed by atoms with E-state index < -0.39 is 5.54 Å². The highest BCUT2D eigenvalue weighted by Crippen LogP contribution is 2.46. The molecule has 4 heteroatoms. The maximum absolute atomic E-state index is 5.87. The van der Waals surface area contributed by atoms with E-state index in [-0.39, 0.29) is 0 Å². The number of para-hydroxylation sites is 1. The van der Waals surface area contributed by atoms with Crippen molar-refractivity contribution < 1.29 is 9.47 Å². The molecule has 0 fully saturated rings. The van der Waals surface area contributed by atoms with E-state index in [1.54, 1.807) is 0 Å². The van der Waals surface area contributed by atoms with E-state index in [1.165, 1.54) is 0 Å². The Hall–Kier alpha value is -4.05. The molecule has 4 aromatic carbocycles. The molecule has 0 spiro atoms. The number of ether oxygens (including phenoxy) is 2. The van der Waals surface area contributed by atoms with Gasteiger partial charge in [-0.25, -0.2) is 0 Å². The van der Waals surface area contributed by atoms with Crippen LogP contribution in [0.1, 0.15) is 36.1 Å². The maximum Gasteiger partial charge on any atom is 0.161 e. The van der Waals surface area contributed by atoms with E-state index in [0.29, 0.717) is 19.6 Å². The number of hydrogen-bond acceptors (Lipinski definition) is 4. The van der Waals surface area contributed by atoms with Gasteiger partial charge in [0.2, 0.25) is 0 Å². The fraction of sp³-hybridized carbons (Fsp3) is 0.194. The first-order valence-electron chi connectivity index (χ1n) is 12.2. The van der Waals surface area contributed by atoms with Crippen LogP contribution < -0.4 is 14.8 Å². The lowest BCUT2D eigenvalue weighted by atomic mass is 9.76. The van der Waals surface area contributed by atoms with Crippen LogP contribution in [0.3, 0.4) is 0 Å². The summed E-state index contributed by atoms with van der Waals surface area (Å²) in [6.45, 7) is 5.15. The lowest BCUT2D eigenvalue weighted by molar-refractivity contribution is 0.287. The van der Waals surface area contributed by atoms with Gasteiger partial charge in [0.25, 0.3) is 0 Å². The SMILES string of the molecule is CCOc1ccc(CC2=NC(c3ccccc3)(c3ccccc3)c3ccccc3N2)cc1OCC. The quantitative estimate of drug-likeness (QED) is 0.312. The predicted octanol–water partition coefficient (Wildman–Crippen LogP) is 6.84. The van der Waals surface area contributed by atoms with Gasteiger partial charge >= 0.3 is 0 Å². The Kier molecular flexibility index (Phi) is 6.53. The molecule has 0 aliphatic carbocycles. The second kappa shape index (κ2) is 10.1. The number of benzene rings is 4. The van der Waals surface area contributed by atoms with Crippen LogP contribution in [0.4, 0.5) is 5.69 Å². The summed E-state index contributed by atoms with van der Waals surface area (Å²) >= 11 is 0. The number of nitrogens with one attached hydrogen (secondary N) is 1. The molecular weight excluding hydrogens is 432 g/mol. The Labute approximate surface area is 207 Å². The van der Waals surface area contributed by atoms with Crippen molar-refractivity contribution in [1.29, 1.82) is 0 Å². The summed E-state index contributed by atoms with van der Waals surface area (Å²) in [5.74, 6) is 2.44. The molecule has 0 aromatic heterocycles. The van der Waals surface area contributed by atoms with E-state index in [0.717, 1.165) is 45.3 Å². The molecule has 0 saturated heterocycles. The first-order chi connectivity index (χ1) is 17.2. The lowest BCUT2D eigenvalue weighted by Gasteiger charge is -2.38. The molecular formula is C31H30N2O2. The Bertz CT molecular complexity index is 1280. The van der Waals surface area contributed by atoms with Crippen molar-refractivity contribution in [3.8, 4) is 11.5 Å². The average molecular weight is 463 g/mol. The van der Waals surface area contributed by atoms with Crippen LogP contribution in [-0.2, 0) is 12.0 Å². The van der Waals surface area contributed by atoms with Crippen LogP contribution in [-0.4, -0.2) is 19.0 Å². The van der Waals surface area contributed by atoms with Gasteiger partial charge in [0.15, 0.2) is 11.5 Å². The summed E-state index contributed by atoms with van der Waals surface area (Å²) in [5, 5.41) is 3.61. The van der Waals surface area contributed by atoms with Crippen LogP contribution in [0.2, 0.25) is 0 Å². The Morgan fingerprint density at radius 1 is 0.686 bits per heavy atom. The van der Waals surface area contributed by atoms with Crippen molar-refractivity contribution in [2.45, 2.75) is 25.8 Å². The minimum atomic E-state index is -0.645. The third-order valence-corrected chi connectivity index (χ3v) is 6.26. The predicted molar refractivity (Wildman–Crippen MR) is 143 cm³/mol. The fourth-order valence-corrected chi connectivity index (χ4v) is 4.80. The van der Waals surface area contributed by atoms with Gasteiger partial charge in [-0.15, -0.1) is 0 Å². The number of rotatable bonds is 8. The highest BCUT2D eigenvalue weighted by molar-refractivity contribution is 6.00. The van der Waals surface area contributed by atoms with Gasteiger partial charge in [-0.1, -0.05) is 84.9 Å². The van der Waals surface area contributed by atoms with Gasteiger partial charge in [-0.2, -0.15) is 0 Å². The highest BCUT2D eigenvalue weighted by atomic mass is 16.5. The molecule has 0 saturated carbocycles. The van der Waals surface area contributed by atoms with Gasteiger partial charge in [-0.05, 0) is 48.7 Å². The molecule has 0 radical (unpaired) electrons. The van der Waals surface area contributed by atoms with Crippen LogP contribution in [0.25, 0.3) is 0 Å². The first kappa shape index (κ1) is 22.7. The second-order valence-corrected chi connectivity index (χ2v) is 8.50. The molecule has 0 atom stereocenters. The van der Waals surface area contributed by atoms with E-state index in [9.17, 15) is 0 Å². The zero-order valence-corrected chi connectivity index (χ0v) is 20.2. The zero-order valence-electron chi connectivity index (χ0n) is 20.2. The monoisotopic (exact) mass is 462 g/mol. The molecule has 35 heavy (non-hydrogen) atoms. The molecule has 4 aromatic rings. The Morgan fingerprint density at radius 3 is 1.94 bits per heavy atom. The summed E-state index contributed by atoms with van der Waals surface area (Å²) in [6, 6.07) is 35.7. The third-order valence-electron chi connectivity index (χ3n) is 6.26. The largest absolute Gasteiger partial charge is 0.490 e. The molecule has 5 rings (SSSR count). The van der Waals surface area contributed by atoms with Crippen LogP contribution in [0, 0.1) is 0 Å². The second-order valence-electron chi connectivity index (χ2n) is 8.50. The summed E-state index contributed by atoms with van der Waals surface area (Å²) in [4.78, 5) is 5.46. The summed E-state index contributed by atoms with van der Waals surface area (Å²) in [5.41, 5.74) is 4.95. The van der Waals surface area contributed by atoms with E-state index in [4.69, 9.17) is 14.5 Å². The minimum Gasteiger partial charge on any atom is -0.490 e. The number of aliphatic imine (C=N–C) groups is 1. The number of fused-ring (bicyclic) bond motifs is 1. The van der Waals surface area contributed by atoms with Crippen LogP contribution >= 0.6 is 0 Å². The van der Waals surface area contributed by atoms with Crippen molar-refractivity contribution in [2.75, 3.05) is 18.5 Å². The van der Waals surface area contributed by atoms with Gasteiger partial charge in [-0.3, -0.25) is 4.99 Å². The normalized spacial score (nSPS) is 13.8. The fourth-order valence-electron chi connectivity index (χ4n) is 4.80.